The molecule has 4 N–H and O–H groups in total. The van der Waals surface area contributed by atoms with Gasteiger partial charge in [0.1, 0.15) is 0 Å². The number of para-hydroxylation sites is 2. The topological polar surface area (TPSA) is 102 Å². The number of nitrogens with zero attached hydrogens (tertiary/aromatic N) is 2. The highest BCUT2D eigenvalue weighted by Crippen LogP contribution is 2.26. The van der Waals surface area contributed by atoms with E-state index in [-0.39, 0.29) is 18.4 Å². The molecule has 1 aliphatic rings. The molecule has 2 atom stereocenters. The van der Waals surface area contributed by atoms with Gasteiger partial charge in [0, 0.05) is 11.6 Å². The van der Waals surface area contributed by atoms with Gasteiger partial charge in [-0.2, -0.15) is 0 Å². The lowest BCUT2D eigenvalue weighted by molar-refractivity contribution is -0.135. The number of nitrogens with one attached hydrogen (secondary N) is 2. The zero-order valence-corrected chi connectivity index (χ0v) is 19.5. The molecule has 1 aromatic heterocycles. The third kappa shape index (κ3) is 6.46. The molecule has 0 saturated heterocycles. The van der Waals surface area contributed by atoms with Crippen LogP contribution in [-0.2, 0) is 4.79 Å². The molecule has 0 fully saturated rings. The predicted octanol–water partition coefficient (Wildman–Crippen LogP) is 4.93. The van der Waals surface area contributed by atoms with Crippen molar-refractivity contribution in [3.63, 3.8) is 0 Å². The van der Waals surface area contributed by atoms with Crippen molar-refractivity contribution in [1.82, 2.24) is 10.2 Å². The average Bonchev–Trinajstić information content (AvgIpc) is 2.86. The summed E-state index contributed by atoms with van der Waals surface area (Å²) in [6, 6.07) is 20.4. The smallest absolute Gasteiger partial charge is 0.312 e. The summed E-state index contributed by atoms with van der Waals surface area (Å²) < 4.78 is 5.61. The van der Waals surface area contributed by atoms with E-state index in [2.05, 4.69) is 33.0 Å². The van der Waals surface area contributed by atoms with Gasteiger partial charge in [-0.05, 0) is 61.7 Å². The Morgan fingerprint density at radius 3 is 2.56 bits per heavy atom. The highest BCUT2D eigenvalue weighted by molar-refractivity contribution is 7.80. The maximum Gasteiger partial charge on any atom is 0.312 e. The molecule has 34 heavy (non-hydrogen) atoms. The van der Waals surface area contributed by atoms with E-state index in [0.29, 0.717) is 28.3 Å². The van der Waals surface area contributed by atoms with E-state index in [4.69, 9.17) is 22.7 Å². The molecule has 0 radical (unpaired) electrons. The van der Waals surface area contributed by atoms with Crippen LogP contribution in [0.5, 0.6) is 5.75 Å². The standard InChI is InChI=1S/C26H27N5O2S/c27-20(18-9-3-1-4-10-18)17-25(32)33-23-14-8-7-13-22(23)28-26(34)29-24-16-15-21(30-31-24)19-11-5-2-6-12-19/h1-3,5-8,11-16,18,20H,4,9-10,17,27H2,(H2,28,29,31,34). The van der Waals surface area contributed by atoms with Crippen molar-refractivity contribution in [3.8, 4) is 17.0 Å². The van der Waals surface area contributed by atoms with Crippen molar-refractivity contribution in [2.24, 2.45) is 11.7 Å². The summed E-state index contributed by atoms with van der Waals surface area (Å²) in [5.74, 6) is 0.826. The second-order valence-electron chi connectivity index (χ2n) is 8.13. The number of allylic oxidation sites excluding steroid dienone is 2. The minimum atomic E-state index is -0.363. The maximum atomic E-state index is 12.5. The SMILES string of the molecule is NC(CC(=O)Oc1ccccc1NC(=S)Nc1ccc(-c2ccccc2)nn1)C1CC=CCC1. The molecular formula is C26H27N5O2S. The van der Waals surface area contributed by atoms with Gasteiger partial charge in [-0.3, -0.25) is 4.79 Å². The number of ether oxygens (including phenoxy) is 1. The van der Waals surface area contributed by atoms with Crippen LogP contribution in [0.1, 0.15) is 25.7 Å². The van der Waals surface area contributed by atoms with Crippen molar-refractivity contribution >= 4 is 34.8 Å². The number of esters is 1. The number of thiocarbonyl (C=S) groups is 1. The molecular weight excluding hydrogens is 446 g/mol. The first-order valence-electron chi connectivity index (χ1n) is 11.3. The van der Waals surface area contributed by atoms with E-state index in [1.165, 1.54) is 0 Å². The molecule has 0 spiro atoms. The number of benzene rings is 2. The fraction of sp³-hybridized carbons (Fsp3) is 0.231. The monoisotopic (exact) mass is 473 g/mol. The summed E-state index contributed by atoms with van der Waals surface area (Å²) in [5.41, 5.74) is 8.58. The predicted molar refractivity (Wildman–Crippen MR) is 138 cm³/mol. The number of nitrogens with two attached hydrogens (primary N) is 1. The Labute approximate surface area is 204 Å². The summed E-state index contributed by atoms with van der Waals surface area (Å²) in [4.78, 5) is 12.5. The second-order valence-corrected chi connectivity index (χ2v) is 8.54. The Morgan fingerprint density at radius 2 is 1.82 bits per heavy atom. The fourth-order valence-corrected chi connectivity index (χ4v) is 4.03. The Morgan fingerprint density at radius 1 is 1.03 bits per heavy atom. The summed E-state index contributed by atoms with van der Waals surface area (Å²) >= 11 is 5.42. The average molecular weight is 474 g/mol. The zero-order valence-electron chi connectivity index (χ0n) is 18.7. The molecule has 1 aliphatic carbocycles. The van der Waals surface area contributed by atoms with Crippen molar-refractivity contribution in [2.75, 3.05) is 10.6 Å². The highest BCUT2D eigenvalue weighted by Gasteiger charge is 2.22. The van der Waals surface area contributed by atoms with Gasteiger partial charge in [-0.25, -0.2) is 0 Å². The first-order valence-corrected chi connectivity index (χ1v) is 11.7. The third-order valence-corrected chi connectivity index (χ3v) is 5.86. The number of carbonyl (C=O) groups is 1. The molecule has 7 nitrogen and oxygen atoms in total. The van der Waals surface area contributed by atoms with Crippen LogP contribution in [0, 0.1) is 5.92 Å². The maximum absolute atomic E-state index is 12.5. The molecule has 0 amide bonds. The van der Waals surface area contributed by atoms with Gasteiger partial charge in [0.25, 0.3) is 0 Å². The minimum absolute atomic E-state index is 0.166. The van der Waals surface area contributed by atoms with E-state index >= 15 is 0 Å². The van der Waals surface area contributed by atoms with Gasteiger partial charge in [-0.15, -0.1) is 10.2 Å². The third-order valence-electron chi connectivity index (χ3n) is 5.65. The molecule has 0 bridgehead atoms. The number of anilines is 2. The first-order chi connectivity index (χ1) is 16.6. The zero-order chi connectivity index (χ0) is 23.8. The molecule has 0 aliphatic heterocycles. The van der Waals surface area contributed by atoms with Crippen LogP contribution < -0.4 is 21.1 Å². The quantitative estimate of drug-likeness (QED) is 0.192. The van der Waals surface area contributed by atoms with Gasteiger partial charge in [-0.1, -0.05) is 54.6 Å². The summed E-state index contributed by atoms with van der Waals surface area (Å²) in [6.45, 7) is 0. The molecule has 174 valence electrons. The van der Waals surface area contributed by atoms with Crippen molar-refractivity contribution < 1.29 is 9.53 Å². The highest BCUT2D eigenvalue weighted by atomic mass is 32.1. The number of hydrogen-bond acceptors (Lipinski definition) is 6. The van der Waals surface area contributed by atoms with Crippen LogP contribution in [0.2, 0.25) is 0 Å². The van der Waals surface area contributed by atoms with Gasteiger partial charge in [0.05, 0.1) is 17.8 Å². The lowest BCUT2D eigenvalue weighted by Gasteiger charge is -2.24. The van der Waals surface area contributed by atoms with E-state index in [0.717, 1.165) is 30.5 Å². The van der Waals surface area contributed by atoms with E-state index in [9.17, 15) is 4.79 Å². The minimum Gasteiger partial charge on any atom is -0.424 e. The van der Waals surface area contributed by atoms with Crippen LogP contribution in [0.4, 0.5) is 11.5 Å². The van der Waals surface area contributed by atoms with E-state index in [1.807, 2.05) is 42.5 Å². The van der Waals surface area contributed by atoms with Gasteiger partial charge < -0.3 is 21.1 Å². The fourth-order valence-electron chi connectivity index (χ4n) is 3.82. The summed E-state index contributed by atoms with van der Waals surface area (Å²) in [6.07, 6.45) is 7.36. The first kappa shape index (κ1) is 23.5. The van der Waals surface area contributed by atoms with Gasteiger partial charge >= 0.3 is 5.97 Å². The number of carbonyl (C=O) groups excluding carboxylic acids is 1. The van der Waals surface area contributed by atoms with Crippen molar-refractivity contribution in [2.45, 2.75) is 31.7 Å². The Bertz CT molecular complexity index is 1150. The molecule has 2 aromatic carbocycles. The number of rotatable bonds is 7. The molecule has 8 heteroatoms. The number of aromatic nitrogens is 2. The Hall–Kier alpha value is -3.62. The van der Waals surface area contributed by atoms with Crippen LogP contribution >= 0.6 is 12.2 Å². The molecule has 1 heterocycles. The van der Waals surface area contributed by atoms with Gasteiger partial charge in [0.2, 0.25) is 0 Å². The van der Waals surface area contributed by atoms with E-state index < -0.39 is 0 Å². The molecule has 3 aromatic rings. The second kappa shape index (κ2) is 11.5. The Kier molecular flexibility index (Phi) is 7.95. The molecule has 4 rings (SSSR count). The number of hydrogen-bond donors (Lipinski definition) is 3. The van der Waals surface area contributed by atoms with Crippen LogP contribution in [-0.4, -0.2) is 27.3 Å². The Balaban J connectivity index is 1.33. The lowest BCUT2D eigenvalue weighted by atomic mass is 9.87. The summed E-state index contributed by atoms with van der Waals surface area (Å²) in [5, 5.41) is 14.8. The van der Waals surface area contributed by atoms with Crippen LogP contribution in [0.25, 0.3) is 11.3 Å². The largest absolute Gasteiger partial charge is 0.424 e. The lowest BCUT2D eigenvalue weighted by Crippen LogP contribution is -2.34. The van der Waals surface area contributed by atoms with E-state index in [1.54, 1.807) is 24.3 Å². The summed E-state index contributed by atoms with van der Waals surface area (Å²) in [7, 11) is 0. The van der Waals surface area contributed by atoms with Crippen LogP contribution in [0.15, 0.2) is 78.9 Å². The van der Waals surface area contributed by atoms with Crippen molar-refractivity contribution in [1.29, 1.82) is 0 Å². The normalized spacial score (nSPS) is 15.9. The van der Waals surface area contributed by atoms with Crippen molar-refractivity contribution in [3.05, 3.63) is 78.9 Å². The van der Waals surface area contributed by atoms with Crippen LogP contribution in [0.3, 0.4) is 0 Å². The molecule has 2 unspecified atom stereocenters. The van der Waals surface area contributed by atoms with Gasteiger partial charge in [0.15, 0.2) is 16.7 Å². The molecule has 0 saturated carbocycles.